The van der Waals surface area contributed by atoms with Crippen LogP contribution in [0.5, 0.6) is 0 Å². The second kappa shape index (κ2) is 6.28. The van der Waals surface area contributed by atoms with Gasteiger partial charge in [-0.05, 0) is 55.2 Å². The van der Waals surface area contributed by atoms with Crippen molar-refractivity contribution in [1.29, 1.82) is 0 Å². The Kier molecular flexibility index (Phi) is 4.20. The van der Waals surface area contributed by atoms with Gasteiger partial charge in [0, 0.05) is 13.1 Å². The highest BCUT2D eigenvalue weighted by atomic mass is 19.2. The van der Waals surface area contributed by atoms with Crippen LogP contribution in [0, 0.1) is 29.3 Å². The molecule has 0 N–H and O–H groups in total. The summed E-state index contributed by atoms with van der Waals surface area (Å²) in [6, 6.07) is -0.0878. The fraction of sp³-hybridized carbons (Fsp3) is 0.579. The Morgan fingerprint density at radius 2 is 1.46 bits per heavy atom. The zero-order valence-corrected chi connectivity index (χ0v) is 14.6. The number of rotatable bonds is 4. The molecule has 2 aliphatic carbocycles. The maximum atomic E-state index is 13.6. The van der Waals surface area contributed by atoms with Gasteiger partial charge >= 0.3 is 6.03 Å². The minimum Gasteiger partial charge on any atom is -0.311 e. The molecule has 1 aromatic rings. The number of carbonyl (C=O) groups is 2. The number of carbonyl (C=O) groups excluding carboxylic acids is 2. The summed E-state index contributed by atoms with van der Waals surface area (Å²) >= 11 is 0. The van der Waals surface area contributed by atoms with E-state index in [2.05, 4.69) is 0 Å². The Labute approximate surface area is 149 Å². The van der Waals surface area contributed by atoms with Gasteiger partial charge in [-0.15, -0.1) is 0 Å². The SMILES string of the molecule is CN1C(=O)N(C(C2CCC2)C2CCC2)C(=O)C1c1cc(F)c(F)c(F)c1. The van der Waals surface area contributed by atoms with Gasteiger partial charge in [0.15, 0.2) is 17.5 Å². The van der Waals surface area contributed by atoms with E-state index in [0.717, 1.165) is 50.7 Å². The van der Waals surface area contributed by atoms with Gasteiger partial charge in [-0.3, -0.25) is 9.69 Å². The summed E-state index contributed by atoms with van der Waals surface area (Å²) in [5.74, 6) is -4.15. The van der Waals surface area contributed by atoms with Crippen LogP contribution in [0.4, 0.5) is 18.0 Å². The van der Waals surface area contributed by atoms with Crippen LogP contribution in [0.25, 0.3) is 0 Å². The predicted molar refractivity (Wildman–Crippen MR) is 87.5 cm³/mol. The van der Waals surface area contributed by atoms with E-state index in [1.807, 2.05) is 0 Å². The normalized spacial score (nSPS) is 24.4. The number of urea groups is 1. The molecule has 4 nitrogen and oxygen atoms in total. The summed E-state index contributed by atoms with van der Waals surface area (Å²) in [5.41, 5.74) is -0.0364. The zero-order chi connectivity index (χ0) is 18.6. The quantitative estimate of drug-likeness (QED) is 0.597. The summed E-state index contributed by atoms with van der Waals surface area (Å²) < 4.78 is 40.5. The lowest BCUT2D eigenvalue weighted by Gasteiger charge is -2.45. The van der Waals surface area contributed by atoms with E-state index in [0.29, 0.717) is 11.8 Å². The maximum absolute atomic E-state index is 13.6. The summed E-state index contributed by atoms with van der Waals surface area (Å²) in [4.78, 5) is 28.4. The van der Waals surface area contributed by atoms with Crippen molar-refractivity contribution in [3.8, 4) is 0 Å². The Balaban J connectivity index is 1.68. The lowest BCUT2D eigenvalue weighted by atomic mass is 9.68. The van der Waals surface area contributed by atoms with Gasteiger partial charge in [0.25, 0.3) is 5.91 Å². The molecule has 1 aromatic carbocycles. The van der Waals surface area contributed by atoms with Gasteiger partial charge in [-0.2, -0.15) is 0 Å². The van der Waals surface area contributed by atoms with Crippen LogP contribution >= 0.6 is 0 Å². The molecule has 3 fully saturated rings. The molecule has 7 heteroatoms. The molecule has 0 aromatic heterocycles. The lowest BCUT2D eigenvalue weighted by molar-refractivity contribution is -0.133. The van der Waals surface area contributed by atoms with Crippen LogP contribution in [0.2, 0.25) is 0 Å². The van der Waals surface area contributed by atoms with Gasteiger partial charge < -0.3 is 4.90 Å². The fourth-order valence-electron chi connectivity index (χ4n) is 4.41. The third-order valence-corrected chi connectivity index (χ3v) is 6.25. The molecule has 3 amide bonds. The Morgan fingerprint density at radius 3 is 1.88 bits per heavy atom. The largest absolute Gasteiger partial charge is 0.327 e. The third kappa shape index (κ3) is 2.51. The van der Waals surface area contributed by atoms with Crippen LogP contribution in [-0.2, 0) is 4.79 Å². The maximum Gasteiger partial charge on any atom is 0.327 e. The topological polar surface area (TPSA) is 40.6 Å². The van der Waals surface area contributed by atoms with Crippen molar-refractivity contribution < 1.29 is 22.8 Å². The molecule has 26 heavy (non-hydrogen) atoms. The first-order valence-corrected chi connectivity index (χ1v) is 9.14. The van der Waals surface area contributed by atoms with E-state index in [4.69, 9.17) is 0 Å². The lowest BCUT2D eigenvalue weighted by Crippen LogP contribution is -2.52. The number of likely N-dealkylation sites (N-methyl/N-ethyl adjacent to an activating group) is 1. The first kappa shape index (κ1) is 17.4. The Hall–Kier alpha value is -2.05. The fourth-order valence-corrected chi connectivity index (χ4v) is 4.41. The molecule has 2 saturated carbocycles. The van der Waals surface area contributed by atoms with Crippen LogP contribution < -0.4 is 0 Å². The highest BCUT2D eigenvalue weighted by Crippen LogP contribution is 2.45. The average Bonchev–Trinajstić information content (AvgIpc) is 2.70. The van der Waals surface area contributed by atoms with Gasteiger partial charge in [0.1, 0.15) is 6.04 Å². The average molecular weight is 366 g/mol. The molecule has 1 heterocycles. The van der Waals surface area contributed by atoms with Crippen molar-refractivity contribution >= 4 is 11.9 Å². The number of benzene rings is 1. The highest BCUT2D eigenvalue weighted by molar-refractivity contribution is 6.05. The number of hydrogen-bond donors (Lipinski definition) is 0. The van der Waals surface area contributed by atoms with Crippen molar-refractivity contribution in [1.82, 2.24) is 9.80 Å². The second-order valence-electron chi connectivity index (χ2n) is 7.68. The first-order valence-electron chi connectivity index (χ1n) is 9.14. The Bertz CT molecular complexity index is 724. The van der Waals surface area contributed by atoms with Crippen molar-refractivity contribution in [2.75, 3.05) is 7.05 Å². The number of nitrogens with zero attached hydrogens (tertiary/aromatic N) is 2. The molecule has 140 valence electrons. The first-order chi connectivity index (χ1) is 12.4. The molecule has 0 bridgehead atoms. The number of imide groups is 1. The standard InChI is InChI=1S/C19H21F3N2O2/c1-23-17(12-8-13(20)15(22)14(21)9-12)18(25)24(19(23)26)16(10-4-2-5-10)11-6-3-7-11/h8-11,16-17H,2-7H2,1H3. The van der Waals surface area contributed by atoms with Gasteiger partial charge in [-0.25, -0.2) is 18.0 Å². The number of hydrogen-bond acceptors (Lipinski definition) is 2. The van der Waals surface area contributed by atoms with Crippen LogP contribution in [0.15, 0.2) is 12.1 Å². The minimum absolute atomic E-state index is 0.0364. The van der Waals surface area contributed by atoms with Crippen LogP contribution in [0.3, 0.4) is 0 Å². The number of amides is 3. The smallest absolute Gasteiger partial charge is 0.311 e. The molecular formula is C19H21F3N2O2. The minimum atomic E-state index is -1.58. The highest BCUT2D eigenvalue weighted by Gasteiger charge is 2.52. The van der Waals surface area contributed by atoms with E-state index < -0.39 is 35.4 Å². The van der Waals surface area contributed by atoms with Crippen molar-refractivity contribution in [3.63, 3.8) is 0 Å². The molecule has 0 radical (unpaired) electrons. The van der Waals surface area contributed by atoms with Crippen molar-refractivity contribution in [2.45, 2.75) is 50.6 Å². The summed E-state index contributed by atoms with van der Waals surface area (Å²) in [6.45, 7) is 0. The van der Waals surface area contributed by atoms with Crippen molar-refractivity contribution in [3.05, 3.63) is 35.1 Å². The van der Waals surface area contributed by atoms with Crippen LogP contribution in [-0.4, -0.2) is 34.8 Å². The van der Waals surface area contributed by atoms with E-state index in [1.54, 1.807) is 0 Å². The Morgan fingerprint density at radius 1 is 0.962 bits per heavy atom. The number of halogens is 3. The predicted octanol–water partition coefficient (Wildman–Crippen LogP) is 4.01. The molecule has 1 aliphatic heterocycles. The van der Waals surface area contributed by atoms with Gasteiger partial charge in [-0.1, -0.05) is 12.8 Å². The third-order valence-electron chi connectivity index (χ3n) is 6.25. The zero-order valence-electron chi connectivity index (χ0n) is 14.6. The van der Waals surface area contributed by atoms with Crippen molar-refractivity contribution in [2.24, 2.45) is 11.8 Å². The van der Waals surface area contributed by atoms with E-state index in [1.165, 1.54) is 16.8 Å². The van der Waals surface area contributed by atoms with Gasteiger partial charge in [0.2, 0.25) is 0 Å². The summed E-state index contributed by atoms with van der Waals surface area (Å²) in [6.07, 6.45) is 6.16. The van der Waals surface area contributed by atoms with Gasteiger partial charge in [0.05, 0.1) is 0 Å². The van der Waals surface area contributed by atoms with E-state index in [-0.39, 0.29) is 11.6 Å². The van der Waals surface area contributed by atoms with E-state index >= 15 is 0 Å². The molecule has 1 saturated heterocycles. The summed E-state index contributed by atoms with van der Waals surface area (Å²) in [7, 11) is 1.45. The molecular weight excluding hydrogens is 345 g/mol. The summed E-state index contributed by atoms with van der Waals surface area (Å²) in [5, 5.41) is 0. The van der Waals surface area contributed by atoms with Crippen LogP contribution in [0.1, 0.15) is 50.1 Å². The molecule has 3 aliphatic rings. The molecule has 0 spiro atoms. The monoisotopic (exact) mass is 366 g/mol. The molecule has 1 unspecified atom stereocenters. The second-order valence-corrected chi connectivity index (χ2v) is 7.68. The van der Waals surface area contributed by atoms with E-state index in [9.17, 15) is 22.8 Å². The molecule has 4 rings (SSSR count). The molecule has 1 atom stereocenters.